The molecule has 11 heavy (non-hydrogen) atoms. The Hall–Kier alpha value is 0.750. The molecule has 0 fully saturated rings. The molecule has 0 amide bonds. The molecule has 5 heteroatoms. The SMILES string of the molecule is Oc1c(Br)c(Cl)cc(Br)c1Br. The van der Waals surface area contributed by atoms with Gasteiger partial charge >= 0.3 is 0 Å². The van der Waals surface area contributed by atoms with Crippen LogP contribution < -0.4 is 0 Å². The first kappa shape index (κ1) is 9.84. The zero-order valence-electron chi connectivity index (χ0n) is 5.04. The second-order valence-electron chi connectivity index (χ2n) is 1.82. The Morgan fingerprint density at radius 3 is 2.27 bits per heavy atom. The van der Waals surface area contributed by atoms with Crippen LogP contribution in [-0.4, -0.2) is 5.11 Å². The van der Waals surface area contributed by atoms with Crippen molar-refractivity contribution in [1.29, 1.82) is 0 Å². The third-order valence-corrected chi connectivity index (χ3v) is 4.38. The first-order valence-electron chi connectivity index (χ1n) is 2.56. The van der Waals surface area contributed by atoms with Crippen LogP contribution in [0.25, 0.3) is 0 Å². The van der Waals surface area contributed by atoms with Crippen LogP contribution in [0.4, 0.5) is 0 Å². The summed E-state index contributed by atoms with van der Waals surface area (Å²) in [5, 5.41) is 9.83. The molecular formula is C6H2Br3ClO. The fraction of sp³-hybridized carbons (Fsp3) is 0. The van der Waals surface area contributed by atoms with E-state index in [0.717, 1.165) is 4.47 Å². The van der Waals surface area contributed by atoms with Gasteiger partial charge in [-0.2, -0.15) is 0 Å². The molecule has 1 aromatic carbocycles. The highest BCUT2D eigenvalue weighted by Gasteiger charge is 2.10. The lowest BCUT2D eigenvalue weighted by molar-refractivity contribution is 0.468. The van der Waals surface area contributed by atoms with E-state index in [1.165, 1.54) is 0 Å². The molecule has 0 aliphatic heterocycles. The third-order valence-electron chi connectivity index (χ3n) is 1.09. The molecule has 0 aliphatic rings. The fourth-order valence-corrected chi connectivity index (χ4v) is 2.20. The fourth-order valence-electron chi connectivity index (χ4n) is 0.561. The topological polar surface area (TPSA) is 20.2 Å². The lowest BCUT2D eigenvalue weighted by atomic mass is 10.3. The number of halogens is 4. The summed E-state index contributed by atoms with van der Waals surface area (Å²) in [4.78, 5) is 0. The van der Waals surface area contributed by atoms with Gasteiger partial charge in [0.2, 0.25) is 0 Å². The number of aromatic hydroxyl groups is 1. The number of benzene rings is 1. The lowest BCUT2D eigenvalue weighted by Gasteiger charge is -2.03. The summed E-state index contributed by atoms with van der Waals surface area (Å²) in [6.45, 7) is 0. The van der Waals surface area contributed by atoms with E-state index >= 15 is 0 Å². The summed E-state index contributed by atoms with van der Waals surface area (Å²) in [7, 11) is 0. The molecule has 0 bridgehead atoms. The molecule has 0 atom stereocenters. The molecule has 0 spiro atoms. The lowest BCUT2D eigenvalue weighted by Crippen LogP contribution is -1.76. The molecule has 1 aromatic rings. The van der Waals surface area contributed by atoms with E-state index in [2.05, 4.69) is 47.8 Å². The smallest absolute Gasteiger partial charge is 0.146 e. The Morgan fingerprint density at radius 1 is 1.18 bits per heavy atom. The van der Waals surface area contributed by atoms with Gasteiger partial charge in [-0.15, -0.1) is 0 Å². The van der Waals surface area contributed by atoms with Crippen molar-refractivity contribution in [3.8, 4) is 5.75 Å². The molecule has 1 rings (SSSR count). The first-order chi connectivity index (χ1) is 5.04. The standard InChI is InChI=1S/C6H2Br3ClO/c7-2-1-3(10)5(9)6(11)4(2)8/h1,11H. The minimum atomic E-state index is 0.101. The summed E-state index contributed by atoms with van der Waals surface area (Å²) < 4.78 is 1.81. The van der Waals surface area contributed by atoms with Crippen molar-refractivity contribution >= 4 is 59.4 Å². The maximum absolute atomic E-state index is 9.36. The van der Waals surface area contributed by atoms with Gasteiger partial charge in [0.25, 0.3) is 0 Å². The van der Waals surface area contributed by atoms with Gasteiger partial charge in [-0.25, -0.2) is 0 Å². The van der Waals surface area contributed by atoms with E-state index in [1.54, 1.807) is 6.07 Å². The zero-order valence-corrected chi connectivity index (χ0v) is 10.6. The van der Waals surface area contributed by atoms with Gasteiger partial charge in [-0.3, -0.25) is 0 Å². The van der Waals surface area contributed by atoms with Crippen LogP contribution in [0.15, 0.2) is 19.5 Å². The summed E-state index contributed by atoms with van der Waals surface area (Å²) in [5.41, 5.74) is 0. The Labute approximate surface area is 94.1 Å². The molecule has 1 N–H and O–H groups in total. The van der Waals surface area contributed by atoms with Crippen molar-refractivity contribution < 1.29 is 5.11 Å². The highest BCUT2D eigenvalue weighted by Crippen LogP contribution is 2.42. The van der Waals surface area contributed by atoms with Gasteiger partial charge in [0, 0.05) is 4.47 Å². The van der Waals surface area contributed by atoms with Crippen LogP contribution in [0.5, 0.6) is 5.75 Å². The van der Waals surface area contributed by atoms with E-state index in [4.69, 9.17) is 11.6 Å². The molecule has 60 valence electrons. The normalized spacial score (nSPS) is 10.2. The highest BCUT2D eigenvalue weighted by atomic mass is 79.9. The largest absolute Gasteiger partial charge is 0.505 e. The van der Waals surface area contributed by atoms with Crippen molar-refractivity contribution in [2.75, 3.05) is 0 Å². The van der Waals surface area contributed by atoms with Gasteiger partial charge in [0.1, 0.15) is 5.75 Å². The molecule has 0 aromatic heterocycles. The molecule has 0 saturated carbocycles. The summed E-state index contributed by atoms with van der Waals surface area (Å²) in [6.07, 6.45) is 0. The summed E-state index contributed by atoms with van der Waals surface area (Å²) in [6, 6.07) is 1.69. The molecule has 0 heterocycles. The highest BCUT2D eigenvalue weighted by molar-refractivity contribution is 9.13. The Morgan fingerprint density at radius 2 is 1.73 bits per heavy atom. The van der Waals surface area contributed by atoms with Crippen molar-refractivity contribution in [3.63, 3.8) is 0 Å². The first-order valence-corrected chi connectivity index (χ1v) is 5.31. The maximum atomic E-state index is 9.36. The number of rotatable bonds is 0. The molecule has 0 aliphatic carbocycles. The predicted octanol–water partition coefficient (Wildman–Crippen LogP) is 4.33. The number of hydrogen-bond acceptors (Lipinski definition) is 1. The van der Waals surface area contributed by atoms with Crippen molar-refractivity contribution in [2.45, 2.75) is 0 Å². The Kier molecular flexibility index (Phi) is 3.26. The molecule has 0 radical (unpaired) electrons. The van der Waals surface area contributed by atoms with Crippen LogP contribution >= 0.6 is 59.4 Å². The summed E-state index contributed by atoms with van der Waals surface area (Å²) >= 11 is 15.3. The van der Waals surface area contributed by atoms with Crippen LogP contribution in [0.2, 0.25) is 5.02 Å². The average Bonchev–Trinajstić information content (AvgIpc) is 1.97. The van der Waals surface area contributed by atoms with Crippen molar-refractivity contribution in [1.82, 2.24) is 0 Å². The monoisotopic (exact) mass is 362 g/mol. The maximum Gasteiger partial charge on any atom is 0.146 e. The average molecular weight is 365 g/mol. The second kappa shape index (κ2) is 3.64. The Balaban J connectivity index is 3.46. The minimum Gasteiger partial charge on any atom is -0.505 e. The number of phenols is 1. The Bertz CT molecular complexity index is 274. The quantitative estimate of drug-likeness (QED) is 0.679. The molecule has 0 unspecified atom stereocenters. The van der Waals surface area contributed by atoms with Crippen LogP contribution in [0.3, 0.4) is 0 Å². The van der Waals surface area contributed by atoms with Crippen LogP contribution in [0, 0.1) is 0 Å². The van der Waals surface area contributed by atoms with Crippen molar-refractivity contribution in [2.24, 2.45) is 0 Å². The van der Waals surface area contributed by atoms with E-state index in [1.807, 2.05) is 0 Å². The van der Waals surface area contributed by atoms with Crippen LogP contribution in [0.1, 0.15) is 0 Å². The summed E-state index contributed by atoms with van der Waals surface area (Å²) in [5.74, 6) is 0.101. The second-order valence-corrected chi connectivity index (χ2v) is 4.66. The zero-order chi connectivity index (χ0) is 8.59. The van der Waals surface area contributed by atoms with Gasteiger partial charge in [0.15, 0.2) is 0 Å². The van der Waals surface area contributed by atoms with Crippen molar-refractivity contribution in [3.05, 3.63) is 24.5 Å². The molecular weight excluding hydrogens is 363 g/mol. The molecule has 0 saturated heterocycles. The van der Waals surface area contributed by atoms with E-state index in [-0.39, 0.29) is 5.75 Å². The molecule has 1 nitrogen and oxygen atoms in total. The number of phenolic OH excluding ortho intramolecular Hbond substituents is 1. The van der Waals surface area contributed by atoms with Gasteiger partial charge in [-0.1, -0.05) is 11.6 Å². The predicted molar refractivity (Wildman–Crippen MR) is 56.2 cm³/mol. The van der Waals surface area contributed by atoms with Gasteiger partial charge < -0.3 is 5.11 Å². The third kappa shape index (κ3) is 1.91. The van der Waals surface area contributed by atoms with E-state index in [9.17, 15) is 5.11 Å². The van der Waals surface area contributed by atoms with Gasteiger partial charge in [0.05, 0.1) is 14.0 Å². The minimum absolute atomic E-state index is 0.101. The van der Waals surface area contributed by atoms with E-state index < -0.39 is 0 Å². The number of hydrogen-bond donors (Lipinski definition) is 1. The van der Waals surface area contributed by atoms with Gasteiger partial charge in [-0.05, 0) is 53.9 Å². The van der Waals surface area contributed by atoms with Crippen LogP contribution in [-0.2, 0) is 0 Å². The van der Waals surface area contributed by atoms with E-state index in [0.29, 0.717) is 14.0 Å².